The second-order valence-corrected chi connectivity index (χ2v) is 4.05. The van der Waals surface area contributed by atoms with E-state index < -0.39 is 9.84 Å². The molecule has 54 valence electrons. The lowest BCUT2D eigenvalue weighted by Crippen LogP contribution is -1.98. The van der Waals surface area contributed by atoms with E-state index in [1.165, 1.54) is 11.7 Å². The smallest absolute Gasteiger partial charge is 0.172 e. The molecule has 0 aliphatic carbocycles. The van der Waals surface area contributed by atoms with Crippen molar-refractivity contribution >= 4 is 22.5 Å². The van der Waals surface area contributed by atoms with Gasteiger partial charge in [-0.3, -0.25) is 0 Å². The third-order valence-electron chi connectivity index (χ3n) is 0.969. The highest BCUT2D eigenvalue weighted by molar-refractivity contribution is 7.95. The summed E-state index contributed by atoms with van der Waals surface area (Å²) in [6, 6.07) is 0. The molecule has 0 saturated carbocycles. The van der Waals surface area contributed by atoms with Gasteiger partial charge in [-0.1, -0.05) is 6.92 Å². The Kier molecular flexibility index (Phi) is 3.28. The summed E-state index contributed by atoms with van der Waals surface area (Å²) in [4.78, 5) is 0.380. The van der Waals surface area contributed by atoms with Crippen LogP contribution in [0.1, 0.15) is 13.3 Å². The van der Waals surface area contributed by atoms with E-state index in [4.69, 9.17) is 0 Å². The van der Waals surface area contributed by atoms with Crippen molar-refractivity contribution in [3.63, 3.8) is 0 Å². The minimum atomic E-state index is -2.98. The van der Waals surface area contributed by atoms with Crippen LogP contribution in [0.3, 0.4) is 0 Å². The molecule has 0 aromatic rings. The normalized spacial score (nSPS) is 13.9. The van der Waals surface area contributed by atoms with Crippen molar-refractivity contribution in [2.24, 2.45) is 0 Å². The topological polar surface area (TPSA) is 34.1 Å². The molecule has 0 N–H and O–H groups in total. The number of allylic oxidation sites excluding steroid dienone is 1. The molecule has 9 heavy (non-hydrogen) atoms. The number of hydrogen-bond donors (Lipinski definition) is 1. The van der Waals surface area contributed by atoms with Crippen LogP contribution >= 0.6 is 12.6 Å². The van der Waals surface area contributed by atoms with Gasteiger partial charge in [-0.2, -0.15) is 12.6 Å². The van der Waals surface area contributed by atoms with Crippen molar-refractivity contribution < 1.29 is 8.42 Å². The van der Waals surface area contributed by atoms with E-state index in [-0.39, 0.29) is 0 Å². The Morgan fingerprint density at radius 1 is 1.67 bits per heavy atom. The molecular weight excluding hydrogens is 156 g/mol. The van der Waals surface area contributed by atoms with Crippen LogP contribution in [-0.4, -0.2) is 14.7 Å². The molecule has 2 nitrogen and oxygen atoms in total. The van der Waals surface area contributed by atoms with Crippen molar-refractivity contribution in [1.82, 2.24) is 0 Å². The van der Waals surface area contributed by atoms with Crippen LogP contribution in [0, 0.1) is 0 Å². The summed E-state index contributed by atoms with van der Waals surface area (Å²) in [5.41, 5.74) is 0. The quantitative estimate of drug-likeness (QED) is 0.626. The zero-order chi connectivity index (χ0) is 7.49. The molecule has 0 atom stereocenters. The summed E-state index contributed by atoms with van der Waals surface area (Å²) in [5.74, 6) is 0. The molecule has 0 spiro atoms. The first-order valence-corrected chi connectivity index (χ1v) is 4.96. The maximum atomic E-state index is 10.7. The Morgan fingerprint density at radius 3 is 2.11 bits per heavy atom. The summed E-state index contributed by atoms with van der Waals surface area (Å²) < 4.78 is 21.4. The maximum Gasteiger partial charge on any atom is 0.172 e. The molecule has 0 heterocycles. The SMILES string of the molecule is CC/C(=C\S)S(C)(=O)=O. The predicted molar refractivity (Wildman–Crippen MR) is 42.2 cm³/mol. The molecule has 0 aliphatic heterocycles. The van der Waals surface area contributed by atoms with Crippen molar-refractivity contribution in [2.45, 2.75) is 13.3 Å². The predicted octanol–water partition coefficient (Wildman–Crippen LogP) is 1.21. The van der Waals surface area contributed by atoms with Crippen molar-refractivity contribution in [2.75, 3.05) is 6.26 Å². The maximum absolute atomic E-state index is 10.7. The summed E-state index contributed by atoms with van der Waals surface area (Å²) in [7, 11) is -2.98. The largest absolute Gasteiger partial charge is 0.224 e. The minimum Gasteiger partial charge on any atom is -0.224 e. The number of thiol groups is 1. The van der Waals surface area contributed by atoms with Gasteiger partial charge in [-0.05, 0) is 11.8 Å². The minimum absolute atomic E-state index is 0.380. The van der Waals surface area contributed by atoms with Crippen LogP contribution in [0.15, 0.2) is 10.3 Å². The lowest BCUT2D eigenvalue weighted by molar-refractivity contribution is 0.606. The molecule has 0 aromatic carbocycles. The van der Waals surface area contributed by atoms with Gasteiger partial charge in [-0.15, -0.1) is 0 Å². The number of hydrogen-bond acceptors (Lipinski definition) is 3. The third-order valence-corrected chi connectivity index (χ3v) is 2.81. The summed E-state index contributed by atoms with van der Waals surface area (Å²) in [6.07, 6.45) is 1.70. The van der Waals surface area contributed by atoms with Crippen LogP contribution in [0.4, 0.5) is 0 Å². The molecule has 0 rings (SSSR count). The fourth-order valence-electron chi connectivity index (χ4n) is 0.449. The second-order valence-electron chi connectivity index (χ2n) is 1.72. The molecule has 0 unspecified atom stereocenters. The van der Waals surface area contributed by atoms with Crippen molar-refractivity contribution in [1.29, 1.82) is 0 Å². The molecular formula is C5H10O2S2. The lowest BCUT2D eigenvalue weighted by Gasteiger charge is -1.96. The van der Waals surface area contributed by atoms with Gasteiger partial charge >= 0.3 is 0 Å². The van der Waals surface area contributed by atoms with Gasteiger partial charge in [-0.25, -0.2) is 8.42 Å². The lowest BCUT2D eigenvalue weighted by atomic mass is 10.5. The molecule has 0 saturated heterocycles. The first-order valence-electron chi connectivity index (χ1n) is 2.55. The average Bonchev–Trinajstić information content (AvgIpc) is 1.65. The van der Waals surface area contributed by atoms with Crippen LogP contribution in [0.5, 0.6) is 0 Å². The Morgan fingerprint density at radius 2 is 2.11 bits per heavy atom. The summed E-state index contributed by atoms with van der Waals surface area (Å²) in [5, 5.41) is 1.33. The van der Waals surface area contributed by atoms with Crippen LogP contribution in [-0.2, 0) is 9.84 Å². The van der Waals surface area contributed by atoms with E-state index in [1.54, 1.807) is 6.92 Å². The standard InChI is InChI=1S/C5H10O2S2/c1-3-5(4-8)9(2,6)7/h4,8H,3H2,1-2H3/b5-4+. The molecule has 0 aromatic heterocycles. The van der Waals surface area contributed by atoms with E-state index in [0.29, 0.717) is 11.3 Å². The van der Waals surface area contributed by atoms with Crippen LogP contribution in [0.25, 0.3) is 0 Å². The van der Waals surface area contributed by atoms with Gasteiger partial charge in [0.1, 0.15) is 0 Å². The Bertz CT molecular complexity index is 201. The molecule has 0 aliphatic rings. The van der Waals surface area contributed by atoms with E-state index >= 15 is 0 Å². The summed E-state index contributed by atoms with van der Waals surface area (Å²) >= 11 is 3.75. The van der Waals surface area contributed by atoms with Gasteiger partial charge in [0.2, 0.25) is 0 Å². The molecule has 0 radical (unpaired) electrons. The monoisotopic (exact) mass is 166 g/mol. The fourth-order valence-corrected chi connectivity index (χ4v) is 1.92. The molecule has 0 fully saturated rings. The second kappa shape index (κ2) is 3.27. The van der Waals surface area contributed by atoms with Crippen LogP contribution in [0.2, 0.25) is 0 Å². The van der Waals surface area contributed by atoms with Crippen LogP contribution < -0.4 is 0 Å². The molecule has 4 heteroatoms. The van der Waals surface area contributed by atoms with Crippen molar-refractivity contribution in [3.05, 3.63) is 10.3 Å². The fraction of sp³-hybridized carbons (Fsp3) is 0.600. The Labute approximate surface area is 61.3 Å². The first kappa shape index (κ1) is 9.04. The van der Waals surface area contributed by atoms with Crippen molar-refractivity contribution in [3.8, 4) is 0 Å². The highest BCUT2D eigenvalue weighted by Crippen LogP contribution is 2.08. The van der Waals surface area contributed by atoms with Gasteiger partial charge < -0.3 is 0 Å². The van der Waals surface area contributed by atoms with Gasteiger partial charge in [0, 0.05) is 11.2 Å². The first-order chi connectivity index (χ1) is 4.02. The number of sulfone groups is 1. The van der Waals surface area contributed by atoms with E-state index in [0.717, 1.165) is 0 Å². The van der Waals surface area contributed by atoms with Gasteiger partial charge in [0.15, 0.2) is 9.84 Å². The number of rotatable bonds is 2. The van der Waals surface area contributed by atoms with Gasteiger partial charge in [0.05, 0.1) is 0 Å². The third kappa shape index (κ3) is 2.91. The Balaban J connectivity index is 4.56. The zero-order valence-electron chi connectivity index (χ0n) is 5.46. The zero-order valence-corrected chi connectivity index (χ0v) is 7.17. The summed E-state index contributed by atoms with van der Waals surface area (Å²) in [6.45, 7) is 1.78. The average molecular weight is 166 g/mol. The van der Waals surface area contributed by atoms with E-state index in [9.17, 15) is 8.42 Å². The van der Waals surface area contributed by atoms with E-state index in [1.807, 2.05) is 0 Å². The highest BCUT2D eigenvalue weighted by Gasteiger charge is 2.05. The molecule has 0 amide bonds. The van der Waals surface area contributed by atoms with Gasteiger partial charge in [0.25, 0.3) is 0 Å². The Hall–Kier alpha value is 0.0400. The highest BCUT2D eigenvalue weighted by atomic mass is 32.2. The molecule has 0 bridgehead atoms. The van der Waals surface area contributed by atoms with E-state index in [2.05, 4.69) is 12.6 Å².